The molecule has 1 saturated heterocycles. The van der Waals surface area contributed by atoms with Gasteiger partial charge in [0.05, 0.1) is 19.8 Å². The number of ether oxygens (including phenoxy) is 2. The quantitative estimate of drug-likeness (QED) is 0.643. The van der Waals surface area contributed by atoms with E-state index in [0.717, 1.165) is 64.7 Å². The SMILES string of the molecule is CCOc1ccc(CN(CCCN2CCOCC2)Cc2cccnc2)cc1. The van der Waals surface area contributed by atoms with Gasteiger partial charge in [0.2, 0.25) is 0 Å². The fourth-order valence-electron chi connectivity index (χ4n) is 3.42. The number of benzene rings is 1. The second kappa shape index (κ2) is 11.0. The molecule has 0 unspecified atom stereocenters. The zero-order valence-corrected chi connectivity index (χ0v) is 16.3. The first-order valence-electron chi connectivity index (χ1n) is 9.96. The van der Waals surface area contributed by atoms with Crippen LogP contribution in [0.5, 0.6) is 5.75 Å². The molecular weight excluding hydrogens is 338 g/mol. The maximum Gasteiger partial charge on any atom is 0.119 e. The van der Waals surface area contributed by atoms with Crippen LogP contribution in [0.4, 0.5) is 0 Å². The van der Waals surface area contributed by atoms with Crippen molar-refractivity contribution in [3.63, 3.8) is 0 Å². The minimum atomic E-state index is 0.702. The number of aromatic nitrogens is 1. The predicted octanol–water partition coefficient (Wildman–Crippen LogP) is 3.20. The highest BCUT2D eigenvalue weighted by Gasteiger charge is 2.12. The van der Waals surface area contributed by atoms with Crippen LogP contribution in [0.3, 0.4) is 0 Å². The van der Waals surface area contributed by atoms with Crippen molar-refractivity contribution < 1.29 is 9.47 Å². The van der Waals surface area contributed by atoms with E-state index >= 15 is 0 Å². The summed E-state index contributed by atoms with van der Waals surface area (Å²) >= 11 is 0. The molecule has 1 aliphatic rings. The standard InChI is InChI=1S/C22H31N3O2/c1-2-27-22-8-6-20(7-9-22)18-25(19-21-5-3-10-23-17-21)12-4-11-24-13-15-26-16-14-24/h3,5-10,17H,2,4,11-16,18-19H2,1H3. The van der Waals surface area contributed by atoms with Crippen LogP contribution < -0.4 is 4.74 Å². The van der Waals surface area contributed by atoms with Crippen molar-refractivity contribution in [3.8, 4) is 5.75 Å². The van der Waals surface area contributed by atoms with E-state index in [9.17, 15) is 0 Å². The minimum Gasteiger partial charge on any atom is -0.494 e. The molecule has 0 amide bonds. The maximum atomic E-state index is 5.56. The Kier molecular flexibility index (Phi) is 8.08. The van der Waals surface area contributed by atoms with Gasteiger partial charge in [-0.1, -0.05) is 18.2 Å². The van der Waals surface area contributed by atoms with Crippen molar-refractivity contribution in [3.05, 3.63) is 59.9 Å². The molecular formula is C22H31N3O2. The third kappa shape index (κ3) is 6.94. The van der Waals surface area contributed by atoms with Crippen LogP contribution in [0.15, 0.2) is 48.8 Å². The van der Waals surface area contributed by atoms with Crippen LogP contribution in [0, 0.1) is 0 Å². The first-order chi connectivity index (χ1) is 13.3. The summed E-state index contributed by atoms with van der Waals surface area (Å²) in [6, 6.07) is 12.6. The van der Waals surface area contributed by atoms with Gasteiger partial charge in [-0.2, -0.15) is 0 Å². The number of nitrogens with zero attached hydrogens (tertiary/aromatic N) is 3. The van der Waals surface area contributed by atoms with Crippen LogP contribution in [0.1, 0.15) is 24.5 Å². The summed E-state index contributed by atoms with van der Waals surface area (Å²) in [5.74, 6) is 0.937. The third-order valence-electron chi connectivity index (χ3n) is 4.82. The third-order valence-corrected chi connectivity index (χ3v) is 4.82. The molecule has 1 fully saturated rings. The molecule has 0 atom stereocenters. The summed E-state index contributed by atoms with van der Waals surface area (Å²) in [6.07, 6.45) is 4.96. The molecule has 5 heteroatoms. The lowest BCUT2D eigenvalue weighted by Gasteiger charge is -2.28. The zero-order valence-electron chi connectivity index (χ0n) is 16.3. The molecule has 0 bridgehead atoms. The molecule has 2 heterocycles. The number of morpholine rings is 1. The number of hydrogen-bond donors (Lipinski definition) is 0. The highest BCUT2D eigenvalue weighted by molar-refractivity contribution is 5.27. The van der Waals surface area contributed by atoms with Gasteiger partial charge in [0, 0.05) is 45.1 Å². The van der Waals surface area contributed by atoms with Crippen LogP contribution in [-0.2, 0) is 17.8 Å². The van der Waals surface area contributed by atoms with Crippen molar-refractivity contribution in [2.75, 3.05) is 46.0 Å². The normalized spacial score (nSPS) is 15.2. The van der Waals surface area contributed by atoms with Crippen molar-refractivity contribution in [2.24, 2.45) is 0 Å². The lowest BCUT2D eigenvalue weighted by atomic mass is 10.1. The van der Waals surface area contributed by atoms with E-state index in [4.69, 9.17) is 9.47 Å². The number of pyridine rings is 1. The van der Waals surface area contributed by atoms with Gasteiger partial charge in [-0.05, 0) is 49.2 Å². The van der Waals surface area contributed by atoms with E-state index in [0.29, 0.717) is 6.61 Å². The topological polar surface area (TPSA) is 37.8 Å². The van der Waals surface area contributed by atoms with E-state index in [1.807, 2.05) is 25.4 Å². The first-order valence-corrected chi connectivity index (χ1v) is 9.96. The van der Waals surface area contributed by atoms with Gasteiger partial charge >= 0.3 is 0 Å². The highest BCUT2D eigenvalue weighted by atomic mass is 16.5. The lowest BCUT2D eigenvalue weighted by Crippen LogP contribution is -2.38. The summed E-state index contributed by atoms with van der Waals surface area (Å²) < 4.78 is 11.0. The van der Waals surface area contributed by atoms with Gasteiger partial charge in [-0.3, -0.25) is 14.8 Å². The average Bonchev–Trinajstić information content (AvgIpc) is 2.71. The van der Waals surface area contributed by atoms with E-state index in [1.165, 1.54) is 11.1 Å². The Labute approximate surface area is 162 Å². The molecule has 2 aromatic rings. The van der Waals surface area contributed by atoms with Gasteiger partial charge < -0.3 is 9.47 Å². The van der Waals surface area contributed by atoms with Gasteiger partial charge in [0.1, 0.15) is 5.75 Å². The Balaban J connectivity index is 1.56. The van der Waals surface area contributed by atoms with Crippen LogP contribution in [0.25, 0.3) is 0 Å². The van der Waals surface area contributed by atoms with Crippen LogP contribution >= 0.6 is 0 Å². The Morgan fingerprint density at radius 1 is 1.07 bits per heavy atom. The van der Waals surface area contributed by atoms with Gasteiger partial charge in [0.25, 0.3) is 0 Å². The fraction of sp³-hybridized carbons (Fsp3) is 0.500. The molecule has 0 radical (unpaired) electrons. The highest BCUT2D eigenvalue weighted by Crippen LogP contribution is 2.15. The Morgan fingerprint density at radius 3 is 2.56 bits per heavy atom. The fourth-order valence-corrected chi connectivity index (χ4v) is 3.42. The molecule has 1 aliphatic heterocycles. The van der Waals surface area contributed by atoms with Crippen molar-refractivity contribution in [2.45, 2.75) is 26.4 Å². The summed E-state index contributed by atoms with van der Waals surface area (Å²) in [7, 11) is 0. The van der Waals surface area contributed by atoms with Gasteiger partial charge in [-0.25, -0.2) is 0 Å². The molecule has 27 heavy (non-hydrogen) atoms. The van der Waals surface area contributed by atoms with Crippen molar-refractivity contribution in [1.82, 2.24) is 14.8 Å². The summed E-state index contributed by atoms with van der Waals surface area (Å²) in [5.41, 5.74) is 2.57. The summed E-state index contributed by atoms with van der Waals surface area (Å²) in [4.78, 5) is 9.27. The Hall–Kier alpha value is -1.95. The number of rotatable bonds is 10. The molecule has 5 nitrogen and oxygen atoms in total. The van der Waals surface area contributed by atoms with E-state index in [1.54, 1.807) is 0 Å². The Morgan fingerprint density at radius 2 is 1.85 bits per heavy atom. The second-order valence-corrected chi connectivity index (χ2v) is 6.96. The molecule has 3 rings (SSSR count). The molecule has 0 aliphatic carbocycles. The molecule has 0 saturated carbocycles. The second-order valence-electron chi connectivity index (χ2n) is 6.96. The summed E-state index contributed by atoms with van der Waals surface area (Å²) in [5, 5.41) is 0. The van der Waals surface area contributed by atoms with E-state index in [2.05, 4.69) is 45.1 Å². The maximum absolute atomic E-state index is 5.56. The average molecular weight is 370 g/mol. The minimum absolute atomic E-state index is 0.702. The van der Waals surface area contributed by atoms with Crippen LogP contribution in [-0.4, -0.2) is 60.8 Å². The molecule has 1 aromatic carbocycles. The van der Waals surface area contributed by atoms with E-state index in [-0.39, 0.29) is 0 Å². The lowest BCUT2D eigenvalue weighted by molar-refractivity contribution is 0.0359. The smallest absolute Gasteiger partial charge is 0.119 e. The Bertz CT molecular complexity index is 642. The molecule has 1 aromatic heterocycles. The molecule has 0 N–H and O–H groups in total. The summed E-state index contributed by atoms with van der Waals surface area (Å²) in [6.45, 7) is 10.6. The largest absolute Gasteiger partial charge is 0.494 e. The predicted molar refractivity (Wildman–Crippen MR) is 108 cm³/mol. The molecule has 0 spiro atoms. The monoisotopic (exact) mass is 369 g/mol. The number of hydrogen-bond acceptors (Lipinski definition) is 5. The van der Waals surface area contributed by atoms with Crippen molar-refractivity contribution in [1.29, 1.82) is 0 Å². The van der Waals surface area contributed by atoms with Crippen molar-refractivity contribution >= 4 is 0 Å². The van der Waals surface area contributed by atoms with E-state index < -0.39 is 0 Å². The first kappa shape index (κ1) is 19.8. The van der Waals surface area contributed by atoms with Crippen LogP contribution in [0.2, 0.25) is 0 Å². The molecule has 146 valence electrons. The van der Waals surface area contributed by atoms with Gasteiger partial charge in [0.15, 0.2) is 0 Å². The van der Waals surface area contributed by atoms with Gasteiger partial charge in [-0.15, -0.1) is 0 Å². The zero-order chi connectivity index (χ0) is 18.7.